The average Bonchev–Trinajstić information content (AvgIpc) is 2.86. The third kappa shape index (κ3) is 1.40. The van der Waals surface area contributed by atoms with E-state index in [1.54, 1.807) is 0 Å². The van der Waals surface area contributed by atoms with Gasteiger partial charge in [0.15, 0.2) is 0 Å². The molecule has 5 nitrogen and oxygen atoms in total. The van der Waals surface area contributed by atoms with Crippen molar-refractivity contribution in [3.63, 3.8) is 0 Å². The first kappa shape index (κ1) is 10.5. The third-order valence-electron chi connectivity index (χ3n) is 3.13. The van der Waals surface area contributed by atoms with E-state index >= 15 is 0 Å². The van der Waals surface area contributed by atoms with Crippen LogP contribution in [0, 0.1) is 0 Å². The topological polar surface area (TPSA) is 78.1 Å². The molecule has 0 radical (unpaired) electrons. The van der Waals surface area contributed by atoms with Crippen molar-refractivity contribution in [3.8, 4) is 0 Å². The molecule has 0 spiro atoms. The molecule has 0 saturated carbocycles. The van der Waals surface area contributed by atoms with E-state index in [-0.39, 0.29) is 11.9 Å². The molecule has 2 N–H and O–H groups in total. The van der Waals surface area contributed by atoms with Crippen LogP contribution in [-0.4, -0.2) is 23.0 Å². The van der Waals surface area contributed by atoms with Crippen molar-refractivity contribution in [1.82, 2.24) is 9.97 Å². The van der Waals surface area contributed by atoms with Crippen molar-refractivity contribution in [2.45, 2.75) is 18.8 Å². The number of nitrogens with zero attached hydrogens (tertiary/aromatic N) is 2. The SMILES string of the molecule is COC(=O)C1CCc2c1sc1ncnc(N)c21. The highest BCUT2D eigenvalue weighted by atomic mass is 32.1. The molecular formula is C11H11N3O2S. The van der Waals surface area contributed by atoms with Gasteiger partial charge in [0.2, 0.25) is 0 Å². The quantitative estimate of drug-likeness (QED) is 0.774. The van der Waals surface area contributed by atoms with E-state index in [2.05, 4.69) is 9.97 Å². The lowest BCUT2D eigenvalue weighted by molar-refractivity contribution is -0.142. The summed E-state index contributed by atoms with van der Waals surface area (Å²) in [6.07, 6.45) is 3.08. The number of methoxy groups -OCH3 is 1. The molecule has 88 valence electrons. The highest BCUT2D eigenvalue weighted by molar-refractivity contribution is 7.19. The zero-order chi connectivity index (χ0) is 12.0. The van der Waals surface area contributed by atoms with E-state index in [0.29, 0.717) is 5.82 Å². The van der Waals surface area contributed by atoms with Crippen LogP contribution in [0.15, 0.2) is 6.33 Å². The number of aryl methyl sites for hydroxylation is 1. The summed E-state index contributed by atoms with van der Waals surface area (Å²) in [5.41, 5.74) is 6.99. The van der Waals surface area contributed by atoms with Gasteiger partial charge in [0.05, 0.1) is 18.4 Å². The number of aromatic nitrogens is 2. The van der Waals surface area contributed by atoms with Crippen LogP contribution < -0.4 is 5.73 Å². The van der Waals surface area contributed by atoms with Gasteiger partial charge in [-0.3, -0.25) is 4.79 Å². The lowest BCUT2D eigenvalue weighted by Crippen LogP contribution is -2.10. The molecule has 2 aromatic rings. The summed E-state index contributed by atoms with van der Waals surface area (Å²) in [5, 5.41) is 0.916. The monoisotopic (exact) mass is 249 g/mol. The molecule has 0 aromatic carbocycles. The number of thiophene rings is 1. The van der Waals surface area contributed by atoms with Crippen LogP contribution in [0.25, 0.3) is 10.2 Å². The van der Waals surface area contributed by atoms with Gasteiger partial charge in [0, 0.05) is 4.88 Å². The lowest BCUT2D eigenvalue weighted by atomic mass is 10.1. The number of hydrogen-bond donors (Lipinski definition) is 1. The molecule has 1 unspecified atom stereocenters. The van der Waals surface area contributed by atoms with Gasteiger partial charge in [-0.2, -0.15) is 0 Å². The van der Waals surface area contributed by atoms with E-state index in [4.69, 9.17) is 10.5 Å². The molecule has 17 heavy (non-hydrogen) atoms. The molecule has 0 saturated heterocycles. The van der Waals surface area contributed by atoms with Crippen molar-refractivity contribution in [3.05, 3.63) is 16.8 Å². The van der Waals surface area contributed by atoms with Gasteiger partial charge in [0.25, 0.3) is 0 Å². The van der Waals surface area contributed by atoms with E-state index in [0.717, 1.165) is 33.5 Å². The maximum atomic E-state index is 11.7. The predicted molar refractivity (Wildman–Crippen MR) is 64.9 cm³/mol. The molecule has 0 bridgehead atoms. The number of carbonyl (C=O) groups is 1. The number of nitrogens with two attached hydrogens (primary N) is 1. The second kappa shape index (κ2) is 3.66. The summed E-state index contributed by atoms with van der Waals surface area (Å²) in [5.74, 6) is 0.161. The standard InChI is InChI=1S/C11H11N3O2S/c1-16-11(15)6-3-2-5-7-9(12)13-4-14-10(7)17-8(5)6/h4,6H,2-3H2,1H3,(H2,12,13,14). The maximum Gasteiger partial charge on any atom is 0.313 e. The molecule has 1 aliphatic rings. The Morgan fingerprint density at radius 1 is 1.59 bits per heavy atom. The second-order valence-electron chi connectivity index (χ2n) is 4.00. The van der Waals surface area contributed by atoms with Crippen molar-refractivity contribution in [2.24, 2.45) is 0 Å². The Balaban J connectivity index is 2.20. The van der Waals surface area contributed by atoms with Crippen LogP contribution in [0.2, 0.25) is 0 Å². The average molecular weight is 249 g/mol. The molecular weight excluding hydrogens is 238 g/mol. The van der Waals surface area contributed by atoms with Gasteiger partial charge in [-0.1, -0.05) is 0 Å². The number of carbonyl (C=O) groups excluding carboxylic acids is 1. The highest BCUT2D eigenvalue weighted by Crippen LogP contribution is 2.44. The number of fused-ring (bicyclic) bond motifs is 3. The van der Waals surface area contributed by atoms with E-state index in [9.17, 15) is 4.79 Å². The van der Waals surface area contributed by atoms with Gasteiger partial charge in [0.1, 0.15) is 17.0 Å². The van der Waals surface area contributed by atoms with Crippen LogP contribution in [-0.2, 0) is 16.0 Å². The fourth-order valence-corrected chi connectivity index (χ4v) is 3.67. The van der Waals surface area contributed by atoms with Crippen molar-refractivity contribution in [2.75, 3.05) is 12.8 Å². The molecule has 3 rings (SSSR count). The first-order valence-corrected chi connectivity index (χ1v) is 6.13. The summed E-state index contributed by atoms with van der Waals surface area (Å²) in [6, 6.07) is 0. The minimum atomic E-state index is -0.179. The van der Waals surface area contributed by atoms with Crippen molar-refractivity contribution < 1.29 is 9.53 Å². The Morgan fingerprint density at radius 3 is 3.18 bits per heavy atom. The Hall–Kier alpha value is -1.69. The Bertz CT molecular complexity index is 608. The smallest absolute Gasteiger partial charge is 0.313 e. The summed E-state index contributed by atoms with van der Waals surface area (Å²) in [6.45, 7) is 0. The Morgan fingerprint density at radius 2 is 2.41 bits per heavy atom. The van der Waals surface area contributed by atoms with Crippen LogP contribution in [0.4, 0.5) is 5.82 Å². The Labute approximate surface area is 102 Å². The molecule has 2 aromatic heterocycles. The van der Waals surface area contributed by atoms with Gasteiger partial charge >= 0.3 is 5.97 Å². The molecule has 0 aliphatic heterocycles. The zero-order valence-electron chi connectivity index (χ0n) is 9.27. The fourth-order valence-electron chi connectivity index (χ4n) is 2.35. The highest BCUT2D eigenvalue weighted by Gasteiger charge is 2.33. The maximum absolute atomic E-state index is 11.7. The minimum Gasteiger partial charge on any atom is -0.469 e. The van der Waals surface area contributed by atoms with E-state index in [1.807, 2.05) is 0 Å². The normalized spacial score (nSPS) is 18.3. The lowest BCUT2D eigenvalue weighted by Gasteiger charge is -2.05. The Kier molecular flexibility index (Phi) is 2.25. The third-order valence-corrected chi connectivity index (χ3v) is 4.39. The number of rotatable bonds is 1. The summed E-state index contributed by atoms with van der Waals surface area (Å²) >= 11 is 1.52. The zero-order valence-corrected chi connectivity index (χ0v) is 10.1. The number of hydrogen-bond acceptors (Lipinski definition) is 6. The molecule has 0 amide bonds. The van der Waals surface area contributed by atoms with Gasteiger partial charge in [-0.25, -0.2) is 9.97 Å². The molecule has 0 fully saturated rings. The summed E-state index contributed by atoms with van der Waals surface area (Å²) in [7, 11) is 1.42. The first-order valence-electron chi connectivity index (χ1n) is 5.32. The molecule has 6 heteroatoms. The largest absolute Gasteiger partial charge is 0.469 e. The number of nitrogen functional groups attached to an aromatic ring is 1. The van der Waals surface area contributed by atoms with Crippen LogP contribution in [0.5, 0.6) is 0 Å². The van der Waals surface area contributed by atoms with Crippen molar-refractivity contribution >= 4 is 33.3 Å². The van der Waals surface area contributed by atoms with E-state index < -0.39 is 0 Å². The predicted octanol–water partition coefficient (Wildman–Crippen LogP) is 1.48. The van der Waals surface area contributed by atoms with Gasteiger partial charge in [-0.05, 0) is 18.4 Å². The van der Waals surface area contributed by atoms with Gasteiger partial charge < -0.3 is 10.5 Å². The van der Waals surface area contributed by atoms with Crippen LogP contribution in [0.1, 0.15) is 22.8 Å². The first-order chi connectivity index (χ1) is 8.22. The van der Waals surface area contributed by atoms with Gasteiger partial charge in [-0.15, -0.1) is 11.3 Å². The minimum absolute atomic E-state index is 0.159. The molecule has 1 atom stereocenters. The molecule has 1 aliphatic carbocycles. The number of ether oxygens (including phenoxy) is 1. The number of esters is 1. The number of anilines is 1. The van der Waals surface area contributed by atoms with Crippen LogP contribution in [0.3, 0.4) is 0 Å². The fraction of sp³-hybridized carbons (Fsp3) is 0.364. The van der Waals surface area contributed by atoms with Crippen LogP contribution >= 0.6 is 11.3 Å². The summed E-state index contributed by atoms with van der Waals surface area (Å²) in [4.78, 5) is 21.8. The second-order valence-corrected chi connectivity index (χ2v) is 5.03. The van der Waals surface area contributed by atoms with Crippen molar-refractivity contribution in [1.29, 1.82) is 0 Å². The molecule has 2 heterocycles. The summed E-state index contributed by atoms with van der Waals surface area (Å²) < 4.78 is 4.82. The van der Waals surface area contributed by atoms with E-state index in [1.165, 1.54) is 24.8 Å².